The number of benzene rings is 2. The van der Waals surface area contributed by atoms with Gasteiger partial charge in [0.15, 0.2) is 0 Å². The fourth-order valence-corrected chi connectivity index (χ4v) is 5.21. The summed E-state index contributed by atoms with van der Waals surface area (Å²) in [6, 6.07) is 9.90. The van der Waals surface area contributed by atoms with Crippen molar-refractivity contribution < 1.29 is 22.3 Å². The van der Waals surface area contributed by atoms with Gasteiger partial charge in [-0.25, -0.2) is 12.8 Å². The van der Waals surface area contributed by atoms with E-state index in [2.05, 4.69) is 5.32 Å². The second-order valence-electron chi connectivity index (χ2n) is 6.75. The largest absolute Gasteiger partial charge is 0.497 e. The Morgan fingerprint density at radius 2 is 1.96 bits per heavy atom. The van der Waals surface area contributed by atoms with Crippen molar-refractivity contribution in [1.82, 2.24) is 9.62 Å². The topological polar surface area (TPSA) is 75.7 Å². The molecule has 1 heterocycles. The van der Waals surface area contributed by atoms with Crippen molar-refractivity contribution in [3.05, 3.63) is 59.4 Å². The summed E-state index contributed by atoms with van der Waals surface area (Å²) < 4.78 is 45.8. The van der Waals surface area contributed by atoms with Gasteiger partial charge in [0.05, 0.1) is 12.0 Å². The molecule has 0 unspecified atom stereocenters. The number of hydrogen-bond donors (Lipinski definition) is 1. The number of carbonyl (C=O) groups excluding carboxylic acids is 1. The van der Waals surface area contributed by atoms with Gasteiger partial charge in [0, 0.05) is 19.2 Å². The molecule has 0 spiro atoms. The third kappa shape index (κ3) is 4.18. The lowest BCUT2D eigenvalue weighted by molar-refractivity contribution is -0.124. The van der Waals surface area contributed by atoms with E-state index >= 15 is 0 Å². The van der Waals surface area contributed by atoms with E-state index in [9.17, 15) is 17.6 Å². The molecule has 2 aromatic rings. The minimum atomic E-state index is -3.84. The van der Waals surface area contributed by atoms with Gasteiger partial charge in [-0.05, 0) is 49.1 Å². The van der Waals surface area contributed by atoms with Crippen LogP contribution in [-0.2, 0) is 21.4 Å². The van der Waals surface area contributed by atoms with Gasteiger partial charge >= 0.3 is 0 Å². The zero-order valence-electron chi connectivity index (χ0n) is 15.8. The van der Waals surface area contributed by atoms with E-state index < -0.39 is 16.1 Å². The Morgan fingerprint density at radius 3 is 2.64 bits per heavy atom. The summed E-state index contributed by atoms with van der Waals surface area (Å²) >= 11 is 0. The first kappa shape index (κ1) is 20.3. The molecule has 1 saturated heterocycles. The molecule has 0 saturated carbocycles. The fourth-order valence-electron chi connectivity index (χ4n) is 3.31. The third-order valence-electron chi connectivity index (χ3n) is 4.87. The summed E-state index contributed by atoms with van der Waals surface area (Å²) in [5.41, 5.74) is 1.34. The summed E-state index contributed by atoms with van der Waals surface area (Å²) in [6.45, 7) is 2.21. The molecule has 1 N–H and O–H groups in total. The Bertz CT molecular complexity index is 961. The average Bonchev–Trinajstić information content (AvgIpc) is 3.18. The maximum absolute atomic E-state index is 13.2. The maximum Gasteiger partial charge on any atom is 0.244 e. The van der Waals surface area contributed by atoms with Gasteiger partial charge < -0.3 is 10.1 Å². The van der Waals surface area contributed by atoms with E-state index in [4.69, 9.17) is 4.74 Å². The molecule has 0 radical (unpaired) electrons. The van der Waals surface area contributed by atoms with Crippen molar-refractivity contribution in [2.75, 3.05) is 13.7 Å². The number of halogens is 1. The highest BCUT2D eigenvalue weighted by Crippen LogP contribution is 2.30. The van der Waals surface area contributed by atoms with E-state index in [1.54, 1.807) is 31.2 Å². The summed E-state index contributed by atoms with van der Waals surface area (Å²) in [7, 11) is -2.37. The van der Waals surface area contributed by atoms with Gasteiger partial charge in [0.25, 0.3) is 0 Å². The van der Waals surface area contributed by atoms with E-state index in [1.165, 1.54) is 29.6 Å². The number of nitrogens with zero attached hydrogens (tertiary/aromatic N) is 1. The Kier molecular flexibility index (Phi) is 6.00. The molecular formula is C20H23FN2O4S. The molecule has 2 aromatic carbocycles. The van der Waals surface area contributed by atoms with Crippen LogP contribution in [0.5, 0.6) is 5.75 Å². The molecule has 0 aliphatic carbocycles. The minimum absolute atomic E-state index is 0.144. The zero-order valence-corrected chi connectivity index (χ0v) is 16.6. The molecule has 1 atom stereocenters. The van der Waals surface area contributed by atoms with Gasteiger partial charge in [0.2, 0.25) is 15.9 Å². The molecule has 6 nitrogen and oxygen atoms in total. The lowest BCUT2D eigenvalue weighted by atomic mass is 10.2. The molecule has 1 fully saturated rings. The molecule has 0 aromatic heterocycles. The van der Waals surface area contributed by atoms with Crippen molar-refractivity contribution in [3.63, 3.8) is 0 Å². The van der Waals surface area contributed by atoms with Crippen molar-refractivity contribution in [2.45, 2.75) is 37.2 Å². The molecule has 1 aliphatic heterocycles. The lowest BCUT2D eigenvalue weighted by Gasteiger charge is -2.24. The molecule has 0 bridgehead atoms. The summed E-state index contributed by atoms with van der Waals surface area (Å²) in [5, 5.41) is 2.76. The van der Waals surface area contributed by atoms with E-state index in [1.807, 2.05) is 0 Å². The fraction of sp³-hybridized carbons (Fsp3) is 0.350. The highest BCUT2D eigenvalue weighted by atomic mass is 32.2. The predicted molar refractivity (Wildman–Crippen MR) is 103 cm³/mol. The van der Waals surface area contributed by atoms with Gasteiger partial charge in [-0.2, -0.15) is 4.31 Å². The number of amides is 1. The second-order valence-corrected chi connectivity index (χ2v) is 8.61. The number of nitrogens with one attached hydrogen (secondary N) is 1. The summed E-state index contributed by atoms with van der Waals surface area (Å²) in [5.74, 6) is -0.261. The Morgan fingerprint density at radius 1 is 1.25 bits per heavy atom. The molecule has 1 aliphatic rings. The predicted octanol–water partition coefficient (Wildman–Crippen LogP) is 2.61. The number of methoxy groups -OCH3 is 1. The number of sulfonamides is 1. The van der Waals surface area contributed by atoms with Crippen LogP contribution in [0, 0.1) is 12.7 Å². The summed E-state index contributed by atoms with van der Waals surface area (Å²) in [4.78, 5) is 12.8. The van der Waals surface area contributed by atoms with Crippen LogP contribution in [0.25, 0.3) is 0 Å². The molecule has 1 amide bonds. The maximum atomic E-state index is 13.2. The Labute approximate surface area is 164 Å². The standard InChI is InChI=1S/C20H23FN2O4S/c1-14-5-10-17(27-2)12-19(14)28(25,26)23-11-3-4-18(23)20(24)22-13-15-6-8-16(21)9-7-15/h5-10,12,18H,3-4,11,13H2,1-2H3,(H,22,24)/t18-/m0/s1. The van der Waals surface area contributed by atoms with Crippen molar-refractivity contribution >= 4 is 15.9 Å². The number of aryl methyl sites for hydroxylation is 1. The Hall–Kier alpha value is -2.45. The number of hydrogen-bond acceptors (Lipinski definition) is 4. The van der Waals surface area contributed by atoms with E-state index in [-0.39, 0.29) is 29.7 Å². The van der Waals surface area contributed by atoms with E-state index in [0.717, 1.165) is 5.56 Å². The van der Waals surface area contributed by atoms with Crippen LogP contribution in [0.15, 0.2) is 47.4 Å². The molecule has 8 heteroatoms. The summed E-state index contributed by atoms with van der Waals surface area (Å²) in [6.07, 6.45) is 1.06. The SMILES string of the molecule is COc1ccc(C)c(S(=O)(=O)N2CCC[C@H]2C(=O)NCc2ccc(F)cc2)c1. The van der Waals surface area contributed by atoms with Gasteiger partial charge in [-0.15, -0.1) is 0 Å². The van der Waals surface area contributed by atoms with Crippen LogP contribution in [0.4, 0.5) is 4.39 Å². The molecule has 3 rings (SSSR count). The van der Waals surface area contributed by atoms with Gasteiger partial charge in [0.1, 0.15) is 17.6 Å². The average molecular weight is 406 g/mol. The van der Waals surface area contributed by atoms with Crippen LogP contribution in [0.1, 0.15) is 24.0 Å². The third-order valence-corrected chi connectivity index (χ3v) is 6.92. The minimum Gasteiger partial charge on any atom is -0.497 e. The van der Waals surface area contributed by atoms with Crippen LogP contribution in [-0.4, -0.2) is 38.3 Å². The highest BCUT2D eigenvalue weighted by Gasteiger charge is 2.40. The van der Waals surface area contributed by atoms with Crippen molar-refractivity contribution in [3.8, 4) is 5.75 Å². The van der Waals surface area contributed by atoms with Gasteiger partial charge in [-0.1, -0.05) is 18.2 Å². The highest BCUT2D eigenvalue weighted by molar-refractivity contribution is 7.89. The van der Waals surface area contributed by atoms with Crippen LogP contribution in [0.3, 0.4) is 0 Å². The number of ether oxygens (including phenoxy) is 1. The number of carbonyl (C=O) groups is 1. The van der Waals surface area contributed by atoms with Gasteiger partial charge in [-0.3, -0.25) is 4.79 Å². The smallest absolute Gasteiger partial charge is 0.244 e. The first-order chi connectivity index (χ1) is 13.3. The quantitative estimate of drug-likeness (QED) is 0.800. The molecular weight excluding hydrogens is 383 g/mol. The first-order valence-corrected chi connectivity index (χ1v) is 10.5. The lowest BCUT2D eigenvalue weighted by Crippen LogP contribution is -2.45. The number of rotatable bonds is 6. The van der Waals surface area contributed by atoms with Crippen LogP contribution >= 0.6 is 0 Å². The molecule has 28 heavy (non-hydrogen) atoms. The van der Waals surface area contributed by atoms with Crippen LogP contribution < -0.4 is 10.1 Å². The van der Waals surface area contributed by atoms with Crippen molar-refractivity contribution in [2.24, 2.45) is 0 Å². The zero-order chi connectivity index (χ0) is 20.3. The van der Waals surface area contributed by atoms with Crippen molar-refractivity contribution in [1.29, 1.82) is 0 Å². The molecule has 150 valence electrons. The Balaban J connectivity index is 1.77. The first-order valence-electron chi connectivity index (χ1n) is 9.01. The van der Waals surface area contributed by atoms with E-state index in [0.29, 0.717) is 24.2 Å². The van der Waals surface area contributed by atoms with Crippen LogP contribution in [0.2, 0.25) is 0 Å². The normalized spacial score (nSPS) is 17.5. The second kappa shape index (κ2) is 8.28. The monoisotopic (exact) mass is 406 g/mol.